The van der Waals surface area contributed by atoms with Gasteiger partial charge in [-0.15, -0.1) is 0 Å². The average molecular weight is 815 g/mol. The SMILES string of the molecule is Cc1ccc(C)c(N(c2cc(C(C)(C)C)ccc2C)c2cc(C)c3ccc4c(N(c5cc(C)ccc5C)c5cc(C(C)(C)C)ccc5C)cc5c6c(cc2c3c46)C(C)(C)CC5)c1. The van der Waals surface area contributed by atoms with E-state index in [1.807, 2.05) is 0 Å². The normalized spacial score (nSPS) is 14.0. The molecule has 316 valence electrons. The summed E-state index contributed by atoms with van der Waals surface area (Å²) in [6.45, 7) is 34.8. The molecule has 1 aliphatic carbocycles. The zero-order valence-electron chi connectivity index (χ0n) is 40.1. The molecule has 0 N–H and O–H groups in total. The second kappa shape index (κ2) is 14.5. The van der Waals surface area contributed by atoms with Crippen LogP contribution in [0.25, 0.3) is 32.3 Å². The van der Waals surface area contributed by atoms with E-state index in [0.717, 1.165) is 12.8 Å². The van der Waals surface area contributed by atoms with Crippen molar-refractivity contribution in [2.45, 2.75) is 133 Å². The van der Waals surface area contributed by atoms with Crippen molar-refractivity contribution in [3.63, 3.8) is 0 Å². The van der Waals surface area contributed by atoms with Crippen molar-refractivity contribution in [2.24, 2.45) is 0 Å². The maximum Gasteiger partial charge on any atom is 0.0543 e. The van der Waals surface area contributed by atoms with Crippen molar-refractivity contribution >= 4 is 66.4 Å². The largest absolute Gasteiger partial charge is 0.309 e. The molecule has 0 heterocycles. The summed E-state index contributed by atoms with van der Waals surface area (Å²) in [5.41, 5.74) is 22.0. The highest BCUT2D eigenvalue weighted by Crippen LogP contribution is 2.55. The molecule has 9 rings (SSSR count). The third-order valence-corrected chi connectivity index (χ3v) is 14.3. The summed E-state index contributed by atoms with van der Waals surface area (Å²) in [6.07, 6.45) is 2.14. The summed E-state index contributed by atoms with van der Waals surface area (Å²) in [4.78, 5) is 5.23. The summed E-state index contributed by atoms with van der Waals surface area (Å²) >= 11 is 0. The van der Waals surface area contributed by atoms with E-state index in [1.54, 1.807) is 0 Å². The number of rotatable bonds is 6. The van der Waals surface area contributed by atoms with Crippen molar-refractivity contribution in [1.29, 1.82) is 0 Å². The van der Waals surface area contributed by atoms with Crippen LogP contribution in [0.3, 0.4) is 0 Å². The highest BCUT2D eigenvalue weighted by molar-refractivity contribution is 6.30. The summed E-state index contributed by atoms with van der Waals surface area (Å²) in [5.74, 6) is 0. The first-order valence-corrected chi connectivity index (χ1v) is 22.9. The minimum Gasteiger partial charge on any atom is -0.309 e. The van der Waals surface area contributed by atoms with E-state index in [4.69, 9.17) is 0 Å². The van der Waals surface area contributed by atoms with Gasteiger partial charge in [0, 0.05) is 38.9 Å². The first kappa shape index (κ1) is 41.7. The molecule has 8 aromatic rings. The lowest BCUT2D eigenvalue weighted by Gasteiger charge is -2.38. The van der Waals surface area contributed by atoms with Crippen LogP contribution < -0.4 is 9.80 Å². The second-order valence-corrected chi connectivity index (χ2v) is 21.7. The highest BCUT2D eigenvalue weighted by Gasteiger charge is 2.34. The molecule has 2 heteroatoms. The van der Waals surface area contributed by atoms with E-state index in [1.165, 1.54) is 128 Å². The molecule has 0 saturated heterocycles. The lowest BCUT2D eigenvalue weighted by molar-refractivity contribution is 0.475. The van der Waals surface area contributed by atoms with Gasteiger partial charge in [0.1, 0.15) is 0 Å². The molecule has 8 aromatic carbocycles. The van der Waals surface area contributed by atoms with Gasteiger partial charge < -0.3 is 9.80 Å². The van der Waals surface area contributed by atoms with Crippen molar-refractivity contribution in [2.75, 3.05) is 9.80 Å². The smallest absolute Gasteiger partial charge is 0.0543 e. The number of aryl methyl sites for hydroxylation is 8. The lowest BCUT2D eigenvalue weighted by atomic mass is 9.70. The minimum atomic E-state index is 0.0000523. The second-order valence-electron chi connectivity index (χ2n) is 21.7. The van der Waals surface area contributed by atoms with Crippen LogP contribution in [0.15, 0.2) is 103 Å². The Hall–Kier alpha value is -5.60. The van der Waals surface area contributed by atoms with Crippen molar-refractivity contribution in [1.82, 2.24) is 0 Å². The third-order valence-electron chi connectivity index (χ3n) is 14.3. The molecule has 0 aromatic heterocycles. The van der Waals surface area contributed by atoms with Crippen LogP contribution >= 0.6 is 0 Å². The molecule has 0 amide bonds. The fraction of sp³-hybridized carbons (Fsp3) is 0.333. The minimum absolute atomic E-state index is 0.0000523. The number of benzene rings is 8. The zero-order chi connectivity index (χ0) is 44.4. The van der Waals surface area contributed by atoms with Gasteiger partial charge in [-0.25, -0.2) is 0 Å². The fourth-order valence-electron chi connectivity index (χ4n) is 10.3. The third kappa shape index (κ3) is 6.77. The fourth-order valence-corrected chi connectivity index (χ4v) is 10.3. The highest BCUT2D eigenvalue weighted by atomic mass is 15.2. The maximum absolute atomic E-state index is 2.62. The Labute approximate surface area is 371 Å². The van der Waals surface area contributed by atoms with Crippen molar-refractivity contribution < 1.29 is 0 Å². The average Bonchev–Trinajstić information content (AvgIpc) is 3.20. The molecule has 0 fully saturated rings. The van der Waals surface area contributed by atoms with Crippen LogP contribution in [-0.2, 0) is 22.7 Å². The first-order valence-electron chi connectivity index (χ1n) is 22.9. The van der Waals surface area contributed by atoms with Crippen LogP contribution in [0.4, 0.5) is 34.1 Å². The first-order chi connectivity index (χ1) is 29.1. The van der Waals surface area contributed by atoms with Crippen LogP contribution in [0.5, 0.6) is 0 Å². The monoisotopic (exact) mass is 815 g/mol. The quantitative estimate of drug-likeness (QED) is 0.154. The molecule has 0 radical (unpaired) electrons. The van der Waals surface area contributed by atoms with Gasteiger partial charge in [0.2, 0.25) is 0 Å². The van der Waals surface area contributed by atoms with E-state index in [9.17, 15) is 0 Å². The van der Waals surface area contributed by atoms with Crippen LogP contribution in [0.1, 0.15) is 123 Å². The van der Waals surface area contributed by atoms with Gasteiger partial charge in [0.05, 0.1) is 11.4 Å². The predicted molar refractivity (Wildman–Crippen MR) is 271 cm³/mol. The summed E-state index contributed by atoms with van der Waals surface area (Å²) in [7, 11) is 0. The van der Waals surface area contributed by atoms with E-state index < -0.39 is 0 Å². The molecule has 0 unspecified atom stereocenters. The Kier molecular flexibility index (Phi) is 9.75. The molecule has 1 aliphatic rings. The predicted octanol–water partition coefficient (Wildman–Crippen LogP) is 17.5. The van der Waals surface area contributed by atoms with Crippen molar-refractivity contribution in [3.8, 4) is 0 Å². The molecular weight excluding hydrogens is 749 g/mol. The summed E-state index contributed by atoms with van der Waals surface area (Å²) in [5, 5.41) is 8.20. The molecule has 62 heavy (non-hydrogen) atoms. The molecule has 0 atom stereocenters. The maximum atomic E-state index is 2.62. The van der Waals surface area contributed by atoms with Gasteiger partial charge in [-0.05, 0) is 197 Å². The number of nitrogens with zero attached hydrogens (tertiary/aromatic N) is 2. The van der Waals surface area contributed by atoms with Gasteiger partial charge in [0.15, 0.2) is 0 Å². The Balaban J connectivity index is 1.46. The lowest BCUT2D eigenvalue weighted by Crippen LogP contribution is -2.24. The number of hydrogen-bond acceptors (Lipinski definition) is 2. The van der Waals surface area contributed by atoms with Gasteiger partial charge in [-0.3, -0.25) is 0 Å². The molecule has 0 spiro atoms. The van der Waals surface area contributed by atoms with E-state index in [-0.39, 0.29) is 16.2 Å². The van der Waals surface area contributed by atoms with Crippen molar-refractivity contribution in [3.05, 3.63) is 164 Å². The Morgan fingerprint density at radius 2 is 0.855 bits per heavy atom. The standard InChI is InChI=1S/C60H66N2/c1-35-16-18-37(3)49(28-35)61(51-32-43(58(8,9)10)22-20-39(51)5)53-30-41(7)45-24-25-46-54(31-42-26-27-60(14,15)48-34-47(53)56(45)57(46)55(42)48)62(50-29-36(2)17-19-38(50)4)52-33-44(59(11,12)13)23-21-40(52)6/h16-25,28-34H,26-27H2,1-15H3. The number of hydrogen-bond donors (Lipinski definition) is 0. The number of anilines is 6. The van der Waals surface area contributed by atoms with E-state index in [0.29, 0.717) is 0 Å². The zero-order valence-corrected chi connectivity index (χ0v) is 40.1. The van der Waals surface area contributed by atoms with E-state index in [2.05, 4.69) is 217 Å². The van der Waals surface area contributed by atoms with Gasteiger partial charge in [-0.2, -0.15) is 0 Å². The van der Waals surface area contributed by atoms with E-state index >= 15 is 0 Å². The van der Waals surface area contributed by atoms with Crippen LogP contribution in [0.2, 0.25) is 0 Å². The molecule has 0 aliphatic heterocycles. The topological polar surface area (TPSA) is 6.48 Å². The Morgan fingerprint density at radius 3 is 1.35 bits per heavy atom. The Bertz CT molecular complexity index is 3090. The van der Waals surface area contributed by atoms with Gasteiger partial charge in [-0.1, -0.05) is 116 Å². The summed E-state index contributed by atoms with van der Waals surface area (Å²) < 4.78 is 0. The van der Waals surface area contributed by atoms with Gasteiger partial charge >= 0.3 is 0 Å². The van der Waals surface area contributed by atoms with Crippen LogP contribution in [-0.4, -0.2) is 0 Å². The molecule has 0 bridgehead atoms. The molecule has 0 saturated carbocycles. The summed E-state index contributed by atoms with van der Waals surface area (Å²) in [6, 6.07) is 40.7. The van der Waals surface area contributed by atoms with Gasteiger partial charge in [0.25, 0.3) is 0 Å². The van der Waals surface area contributed by atoms with Crippen LogP contribution in [0, 0.1) is 48.5 Å². The molecular formula is C60H66N2. The Morgan fingerprint density at radius 1 is 0.403 bits per heavy atom. The molecule has 2 nitrogen and oxygen atoms in total.